The molecule has 0 aliphatic heterocycles. The second kappa shape index (κ2) is 11.3. The van der Waals surface area contributed by atoms with Gasteiger partial charge in [0.2, 0.25) is 0 Å². The van der Waals surface area contributed by atoms with E-state index in [-0.39, 0.29) is 0 Å². The van der Waals surface area contributed by atoms with Crippen LogP contribution >= 0.6 is 0 Å². The lowest BCUT2D eigenvalue weighted by molar-refractivity contribution is 0.223. The van der Waals surface area contributed by atoms with E-state index in [1.807, 2.05) is 36.4 Å². The van der Waals surface area contributed by atoms with Crippen LogP contribution in [-0.4, -0.2) is 0 Å². The molecule has 2 N–H and O–H groups in total. The molecule has 0 bridgehead atoms. The summed E-state index contributed by atoms with van der Waals surface area (Å²) in [6, 6.07) is 37.4. The zero-order chi connectivity index (χ0) is 25.4. The third kappa shape index (κ3) is 7.61. The van der Waals surface area contributed by atoms with Gasteiger partial charge in [-0.2, -0.15) is 0 Å². The molecule has 0 amide bonds. The number of allylic oxidation sites excluding steroid dienone is 2. The van der Waals surface area contributed by atoms with Crippen LogP contribution in [0.2, 0.25) is 0 Å². The van der Waals surface area contributed by atoms with Gasteiger partial charge in [-0.3, -0.25) is 0 Å². The highest BCUT2D eigenvalue weighted by atomic mass is 14.9. The fraction of sp³-hybridized carbons (Fsp3) is 0.235. The van der Waals surface area contributed by atoms with Gasteiger partial charge in [0.15, 0.2) is 0 Å². The Labute approximate surface area is 217 Å². The fourth-order valence-electron chi connectivity index (χ4n) is 4.93. The van der Waals surface area contributed by atoms with Crippen molar-refractivity contribution < 1.29 is 0 Å². The molecule has 36 heavy (non-hydrogen) atoms. The Bertz CT molecular complexity index is 1150. The van der Waals surface area contributed by atoms with Crippen molar-refractivity contribution in [2.45, 2.75) is 40.5 Å². The quantitative estimate of drug-likeness (QED) is 0.281. The van der Waals surface area contributed by atoms with Gasteiger partial charge in [0.05, 0.1) is 0 Å². The molecule has 2 heteroatoms. The summed E-state index contributed by atoms with van der Waals surface area (Å²) in [5.41, 5.74) is 7.72. The van der Waals surface area contributed by atoms with Gasteiger partial charge >= 0.3 is 0 Å². The molecule has 5 rings (SSSR count). The van der Waals surface area contributed by atoms with Crippen molar-refractivity contribution in [3.8, 4) is 11.1 Å². The molecule has 0 heterocycles. The van der Waals surface area contributed by atoms with E-state index in [1.54, 1.807) is 0 Å². The fourth-order valence-corrected chi connectivity index (χ4v) is 4.93. The number of nitrogens with one attached hydrogen (secondary N) is 2. The summed E-state index contributed by atoms with van der Waals surface area (Å²) < 4.78 is 0. The summed E-state index contributed by atoms with van der Waals surface area (Å²) in [6.45, 7) is 9.31. The number of para-hydroxylation sites is 2. The van der Waals surface area contributed by atoms with Crippen molar-refractivity contribution in [3.05, 3.63) is 121 Å². The molecule has 0 unspecified atom stereocenters. The van der Waals surface area contributed by atoms with Crippen LogP contribution in [0.25, 0.3) is 11.1 Å². The maximum Gasteiger partial charge on any atom is 0.0384 e. The number of rotatable bonds is 5. The predicted molar refractivity (Wildman–Crippen MR) is 157 cm³/mol. The molecule has 0 saturated heterocycles. The first kappa shape index (κ1) is 25.3. The van der Waals surface area contributed by atoms with Crippen molar-refractivity contribution in [2.75, 3.05) is 10.6 Å². The third-order valence-electron chi connectivity index (χ3n) is 6.40. The average molecular weight is 475 g/mol. The lowest BCUT2D eigenvalue weighted by Crippen LogP contribution is -2.24. The normalized spacial score (nSPS) is 15.3. The molecular weight excluding hydrogens is 436 g/mol. The molecule has 0 aromatic heterocycles. The van der Waals surface area contributed by atoms with Gasteiger partial charge in [-0.1, -0.05) is 101 Å². The number of hydrogen-bond acceptors (Lipinski definition) is 2. The molecule has 0 saturated carbocycles. The molecule has 184 valence electrons. The molecule has 0 spiro atoms. The van der Waals surface area contributed by atoms with E-state index in [0.29, 0.717) is 10.8 Å². The number of benzene rings is 4. The molecule has 4 aromatic rings. The van der Waals surface area contributed by atoms with Gasteiger partial charge in [0.25, 0.3) is 0 Å². The first-order chi connectivity index (χ1) is 17.3. The van der Waals surface area contributed by atoms with Crippen molar-refractivity contribution in [1.82, 2.24) is 0 Å². The Morgan fingerprint density at radius 1 is 0.500 bits per heavy atom. The highest BCUT2D eigenvalue weighted by molar-refractivity contribution is 5.71. The monoisotopic (exact) mass is 474 g/mol. The van der Waals surface area contributed by atoms with Crippen LogP contribution < -0.4 is 10.6 Å². The van der Waals surface area contributed by atoms with Crippen molar-refractivity contribution in [3.63, 3.8) is 0 Å². The van der Waals surface area contributed by atoms with E-state index < -0.39 is 0 Å². The predicted octanol–water partition coefficient (Wildman–Crippen LogP) is 10.2. The largest absolute Gasteiger partial charge is 0.356 e. The molecule has 0 radical (unpaired) electrons. The highest BCUT2D eigenvalue weighted by Crippen LogP contribution is 2.41. The van der Waals surface area contributed by atoms with Crippen molar-refractivity contribution in [2.24, 2.45) is 10.8 Å². The van der Waals surface area contributed by atoms with Gasteiger partial charge in [-0.15, -0.1) is 0 Å². The minimum Gasteiger partial charge on any atom is -0.356 e. The van der Waals surface area contributed by atoms with E-state index in [9.17, 15) is 0 Å². The van der Waals surface area contributed by atoms with E-state index in [4.69, 9.17) is 0 Å². The van der Waals surface area contributed by atoms with Gasteiger partial charge < -0.3 is 10.6 Å². The van der Waals surface area contributed by atoms with Gasteiger partial charge in [-0.05, 0) is 83.3 Å². The molecule has 0 atom stereocenters. The Balaban J connectivity index is 0.000000256. The highest BCUT2D eigenvalue weighted by Gasteiger charge is 2.29. The summed E-state index contributed by atoms with van der Waals surface area (Å²) in [6.07, 6.45) is 7.23. The molecule has 1 aliphatic rings. The van der Waals surface area contributed by atoms with Crippen LogP contribution in [0.3, 0.4) is 0 Å². The summed E-state index contributed by atoms with van der Waals surface area (Å²) in [7, 11) is 0. The Morgan fingerprint density at radius 3 is 1.22 bits per heavy atom. The van der Waals surface area contributed by atoms with E-state index in [1.165, 1.54) is 24.0 Å². The third-order valence-corrected chi connectivity index (χ3v) is 6.40. The molecule has 2 nitrogen and oxygen atoms in total. The van der Waals surface area contributed by atoms with E-state index in [0.717, 1.165) is 22.7 Å². The zero-order valence-corrected chi connectivity index (χ0v) is 22.0. The van der Waals surface area contributed by atoms with E-state index in [2.05, 4.69) is 123 Å². The molecule has 4 aromatic carbocycles. The van der Waals surface area contributed by atoms with Crippen LogP contribution in [-0.2, 0) is 0 Å². The maximum absolute atomic E-state index is 3.41. The summed E-state index contributed by atoms with van der Waals surface area (Å²) in [5.74, 6) is 0. The minimum absolute atomic E-state index is 0.432. The Kier molecular flexibility index (Phi) is 7.95. The van der Waals surface area contributed by atoms with Crippen LogP contribution in [0.4, 0.5) is 22.7 Å². The lowest BCUT2D eigenvalue weighted by Gasteiger charge is -2.36. The minimum atomic E-state index is 0.432. The molecular formula is C34H38N2. The summed E-state index contributed by atoms with van der Waals surface area (Å²) in [5, 5.41) is 6.82. The van der Waals surface area contributed by atoms with E-state index >= 15 is 0 Å². The SMILES string of the molecule is CC1(C)C=CCC(C)(C)C1.c1ccc(Nc2ccc(-c3ccc(Nc4ccccc4)cc3)cc2)cc1. The molecule has 1 aliphatic carbocycles. The Morgan fingerprint density at radius 2 is 0.889 bits per heavy atom. The first-order valence-corrected chi connectivity index (χ1v) is 12.8. The maximum atomic E-state index is 3.41. The second-order valence-corrected chi connectivity index (χ2v) is 11.1. The second-order valence-electron chi connectivity index (χ2n) is 11.1. The van der Waals surface area contributed by atoms with Crippen LogP contribution in [0, 0.1) is 10.8 Å². The zero-order valence-electron chi connectivity index (χ0n) is 22.0. The average Bonchev–Trinajstić information content (AvgIpc) is 2.85. The lowest BCUT2D eigenvalue weighted by atomic mass is 9.69. The van der Waals surface area contributed by atoms with Gasteiger partial charge in [0, 0.05) is 22.7 Å². The standard InChI is InChI=1S/C24H20N2.C10H18/c1-3-7-21(8-4-1)25-23-15-11-19(12-16-23)20-13-17-24(18-14-20)26-22-9-5-2-6-10-22;1-9(2)6-5-7-10(3,4)8-9/h1-18,25-26H;5-6H,7-8H2,1-4H3. The van der Waals surface area contributed by atoms with Crippen LogP contribution in [0.15, 0.2) is 121 Å². The van der Waals surface area contributed by atoms with Gasteiger partial charge in [-0.25, -0.2) is 0 Å². The summed E-state index contributed by atoms with van der Waals surface area (Å²) in [4.78, 5) is 0. The molecule has 0 fully saturated rings. The van der Waals surface area contributed by atoms with Crippen molar-refractivity contribution in [1.29, 1.82) is 0 Å². The van der Waals surface area contributed by atoms with Gasteiger partial charge in [0.1, 0.15) is 0 Å². The van der Waals surface area contributed by atoms with Crippen molar-refractivity contribution >= 4 is 22.7 Å². The van der Waals surface area contributed by atoms with Crippen LogP contribution in [0.5, 0.6) is 0 Å². The smallest absolute Gasteiger partial charge is 0.0384 e. The Hall–Kier alpha value is -3.78. The number of hydrogen-bond donors (Lipinski definition) is 2. The van der Waals surface area contributed by atoms with Crippen LogP contribution in [0.1, 0.15) is 40.5 Å². The number of anilines is 4. The first-order valence-electron chi connectivity index (χ1n) is 12.8. The summed E-state index contributed by atoms with van der Waals surface area (Å²) >= 11 is 0. The topological polar surface area (TPSA) is 24.1 Å².